The highest BCUT2D eigenvalue weighted by atomic mass is 32.2. The Morgan fingerprint density at radius 3 is 2.69 bits per heavy atom. The Labute approximate surface area is 76.1 Å². The molecular formula is C7H10O5S. The highest BCUT2D eigenvalue weighted by Crippen LogP contribution is 2.48. The van der Waals surface area contributed by atoms with Gasteiger partial charge in [-0.3, -0.25) is 8.98 Å². The summed E-state index contributed by atoms with van der Waals surface area (Å²) in [6, 6.07) is 0. The number of carbonyl (C=O) groups excluding carboxylic acids is 1. The molecule has 3 atom stereocenters. The van der Waals surface area contributed by atoms with E-state index in [2.05, 4.69) is 4.18 Å². The predicted octanol–water partition coefficient (Wildman–Crippen LogP) is -0.476. The van der Waals surface area contributed by atoms with E-state index in [1.54, 1.807) is 0 Å². The van der Waals surface area contributed by atoms with Crippen molar-refractivity contribution in [1.82, 2.24) is 0 Å². The van der Waals surface area contributed by atoms with Crippen LogP contribution in [0.25, 0.3) is 0 Å². The minimum atomic E-state index is -3.43. The van der Waals surface area contributed by atoms with Crippen molar-refractivity contribution >= 4 is 16.1 Å². The quantitative estimate of drug-likeness (QED) is 0.461. The van der Waals surface area contributed by atoms with Crippen molar-refractivity contribution in [1.29, 1.82) is 0 Å². The van der Waals surface area contributed by atoms with Gasteiger partial charge >= 0.3 is 5.97 Å². The number of ether oxygens (including phenoxy) is 1. The van der Waals surface area contributed by atoms with Crippen LogP contribution in [0.4, 0.5) is 0 Å². The molecule has 1 saturated heterocycles. The largest absolute Gasteiger partial charge is 0.459 e. The van der Waals surface area contributed by atoms with Gasteiger partial charge in [0.05, 0.1) is 12.2 Å². The van der Waals surface area contributed by atoms with Gasteiger partial charge in [-0.05, 0) is 6.42 Å². The van der Waals surface area contributed by atoms with E-state index in [9.17, 15) is 13.2 Å². The molecule has 2 rings (SSSR count). The first kappa shape index (κ1) is 8.96. The third kappa shape index (κ3) is 1.83. The van der Waals surface area contributed by atoms with Gasteiger partial charge in [0, 0.05) is 5.92 Å². The van der Waals surface area contributed by atoms with Crippen molar-refractivity contribution in [2.45, 2.75) is 12.5 Å². The lowest BCUT2D eigenvalue weighted by Gasteiger charge is -2.10. The zero-order chi connectivity index (χ0) is 9.64. The van der Waals surface area contributed by atoms with Gasteiger partial charge in [0.2, 0.25) is 0 Å². The van der Waals surface area contributed by atoms with Crippen LogP contribution in [-0.4, -0.2) is 33.4 Å². The van der Waals surface area contributed by atoms with Crippen LogP contribution in [0.15, 0.2) is 0 Å². The minimum absolute atomic E-state index is 0.00756. The van der Waals surface area contributed by atoms with Gasteiger partial charge in [-0.2, -0.15) is 8.42 Å². The number of hydrogen-bond acceptors (Lipinski definition) is 5. The molecule has 0 unspecified atom stereocenters. The lowest BCUT2D eigenvalue weighted by molar-refractivity contribution is -0.146. The average Bonchev–Trinajstić information content (AvgIpc) is 2.69. The SMILES string of the molecule is CS(=O)(=O)OC[C@@H]1OC(=O)[C@@H]2C[C@H]12. The summed E-state index contributed by atoms with van der Waals surface area (Å²) in [6.45, 7) is -0.0360. The lowest BCUT2D eigenvalue weighted by atomic mass is 10.2. The summed E-state index contributed by atoms with van der Waals surface area (Å²) < 4.78 is 30.7. The highest BCUT2D eigenvalue weighted by molar-refractivity contribution is 7.85. The van der Waals surface area contributed by atoms with E-state index in [1.165, 1.54) is 0 Å². The number of carbonyl (C=O) groups is 1. The second kappa shape index (κ2) is 2.68. The Morgan fingerprint density at radius 2 is 2.31 bits per heavy atom. The minimum Gasteiger partial charge on any atom is -0.459 e. The normalized spacial score (nSPS) is 37.0. The van der Waals surface area contributed by atoms with Crippen molar-refractivity contribution in [2.75, 3.05) is 12.9 Å². The molecule has 2 aliphatic rings. The molecule has 6 heteroatoms. The molecule has 0 N–H and O–H groups in total. The van der Waals surface area contributed by atoms with Crippen molar-refractivity contribution in [3.05, 3.63) is 0 Å². The van der Waals surface area contributed by atoms with Crippen molar-refractivity contribution in [3.8, 4) is 0 Å². The molecule has 1 aliphatic heterocycles. The van der Waals surface area contributed by atoms with Crippen molar-refractivity contribution in [3.63, 3.8) is 0 Å². The van der Waals surface area contributed by atoms with E-state index in [1.807, 2.05) is 0 Å². The number of cyclic esters (lactones) is 1. The van der Waals surface area contributed by atoms with Gasteiger partial charge in [0.1, 0.15) is 12.7 Å². The third-order valence-corrected chi connectivity index (χ3v) is 2.90. The van der Waals surface area contributed by atoms with E-state index in [-0.39, 0.29) is 30.5 Å². The van der Waals surface area contributed by atoms with Gasteiger partial charge < -0.3 is 4.74 Å². The van der Waals surface area contributed by atoms with Crippen LogP contribution in [0.1, 0.15) is 6.42 Å². The number of rotatable bonds is 3. The fraction of sp³-hybridized carbons (Fsp3) is 0.857. The molecule has 2 fully saturated rings. The van der Waals surface area contributed by atoms with Crippen LogP contribution in [-0.2, 0) is 23.8 Å². The molecule has 1 saturated carbocycles. The molecule has 74 valence electrons. The van der Waals surface area contributed by atoms with Crippen LogP contribution in [0.3, 0.4) is 0 Å². The molecule has 1 aliphatic carbocycles. The monoisotopic (exact) mass is 206 g/mol. The van der Waals surface area contributed by atoms with Gasteiger partial charge in [0.25, 0.3) is 10.1 Å². The van der Waals surface area contributed by atoms with E-state index >= 15 is 0 Å². The average molecular weight is 206 g/mol. The van der Waals surface area contributed by atoms with Crippen molar-refractivity contribution in [2.24, 2.45) is 11.8 Å². The second-order valence-electron chi connectivity index (χ2n) is 3.47. The Kier molecular flexibility index (Phi) is 1.85. The first-order valence-corrected chi connectivity index (χ1v) is 5.84. The maximum atomic E-state index is 10.9. The van der Waals surface area contributed by atoms with Crippen LogP contribution in [0, 0.1) is 11.8 Å². The van der Waals surface area contributed by atoms with Crippen LogP contribution in [0.5, 0.6) is 0 Å². The summed E-state index contributed by atoms with van der Waals surface area (Å²) >= 11 is 0. The fourth-order valence-corrected chi connectivity index (χ4v) is 1.95. The summed E-state index contributed by atoms with van der Waals surface area (Å²) in [5.74, 6) is -0.0190. The van der Waals surface area contributed by atoms with Crippen molar-refractivity contribution < 1.29 is 22.1 Å². The number of fused-ring (bicyclic) bond motifs is 1. The smallest absolute Gasteiger partial charge is 0.309 e. The van der Waals surface area contributed by atoms with E-state index in [0.717, 1.165) is 12.7 Å². The second-order valence-corrected chi connectivity index (χ2v) is 5.11. The summed E-state index contributed by atoms with van der Waals surface area (Å²) in [5.41, 5.74) is 0. The Morgan fingerprint density at radius 1 is 1.62 bits per heavy atom. The molecular weight excluding hydrogens is 196 g/mol. The Bertz CT molecular complexity index is 333. The zero-order valence-electron chi connectivity index (χ0n) is 7.10. The topological polar surface area (TPSA) is 69.7 Å². The summed E-state index contributed by atoms with van der Waals surface area (Å²) in [5, 5.41) is 0. The number of hydrogen-bond donors (Lipinski definition) is 0. The highest BCUT2D eigenvalue weighted by Gasteiger charge is 2.56. The first-order chi connectivity index (χ1) is 5.97. The predicted molar refractivity (Wildman–Crippen MR) is 42.3 cm³/mol. The summed E-state index contributed by atoms with van der Waals surface area (Å²) in [4.78, 5) is 10.9. The lowest BCUT2D eigenvalue weighted by Crippen LogP contribution is -2.21. The molecule has 0 aromatic heterocycles. The van der Waals surface area contributed by atoms with E-state index in [4.69, 9.17) is 4.74 Å². The van der Waals surface area contributed by atoms with Crippen LogP contribution in [0.2, 0.25) is 0 Å². The molecule has 1 heterocycles. The van der Waals surface area contributed by atoms with Gasteiger partial charge in [-0.15, -0.1) is 0 Å². The maximum absolute atomic E-state index is 10.9. The van der Waals surface area contributed by atoms with Gasteiger partial charge in [-0.25, -0.2) is 0 Å². The zero-order valence-corrected chi connectivity index (χ0v) is 7.91. The Balaban J connectivity index is 1.87. The summed E-state index contributed by atoms with van der Waals surface area (Å²) in [6.07, 6.45) is 1.44. The molecule has 0 amide bonds. The van der Waals surface area contributed by atoms with E-state index in [0.29, 0.717) is 0 Å². The van der Waals surface area contributed by atoms with Gasteiger partial charge in [-0.1, -0.05) is 0 Å². The maximum Gasteiger partial charge on any atom is 0.309 e. The molecule has 13 heavy (non-hydrogen) atoms. The summed E-state index contributed by atoms with van der Waals surface area (Å²) in [7, 11) is -3.43. The molecule has 0 spiro atoms. The van der Waals surface area contributed by atoms with Gasteiger partial charge in [0.15, 0.2) is 0 Å². The fourth-order valence-electron chi connectivity index (χ4n) is 1.57. The molecule has 0 radical (unpaired) electrons. The van der Waals surface area contributed by atoms with Crippen LogP contribution < -0.4 is 0 Å². The Hall–Kier alpha value is -0.620. The molecule has 5 nitrogen and oxygen atoms in total. The molecule has 0 bridgehead atoms. The van der Waals surface area contributed by atoms with E-state index < -0.39 is 10.1 Å². The first-order valence-electron chi connectivity index (χ1n) is 4.02. The molecule has 0 aromatic rings. The number of esters is 1. The van der Waals surface area contributed by atoms with Crippen LogP contribution >= 0.6 is 0 Å². The third-order valence-electron chi connectivity index (χ3n) is 2.33. The standard InChI is InChI=1S/C7H10O5S/c1-13(9,10)11-3-6-4-2-5(4)7(8)12-6/h4-6H,2-3H2,1H3/t4-,5+,6-/m0/s1. The molecule has 0 aromatic carbocycles.